The van der Waals surface area contributed by atoms with Crippen molar-refractivity contribution in [3.05, 3.63) is 24.3 Å². The number of sulfonamides is 1. The van der Waals surface area contributed by atoms with Gasteiger partial charge in [-0.05, 0) is 43.9 Å². The molecule has 0 atom stereocenters. The third-order valence-corrected chi connectivity index (χ3v) is 8.73. The standard InChI is InChI=1S/C24H40N4O3S/c1-20(2)13-14-27-15-17-28(18-16-27)19-24(29)25-22-11-7-8-12-23(22)32(30,31)26(3)21-9-5-4-6-10-21/h7-8,11-12,20-21H,4-6,9-10,13-19H2,1-3H3,(H,25,29). The topological polar surface area (TPSA) is 73.0 Å². The van der Waals surface area contributed by atoms with Crippen molar-refractivity contribution in [2.75, 3.05) is 51.6 Å². The average Bonchev–Trinajstić information content (AvgIpc) is 2.79. The highest BCUT2D eigenvalue weighted by Gasteiger charge is 2.31. The number of para-hydroxylation sites is 1. The molecule has 0 spiro atoms. The van der Waals surface area contributed by atoms with Crippen LogP contribution < -0.4 is 5.32 Å². The van der Waals surface area contributed by atoms with Crippen LogP contribution in [0.15, 0.2) is 29.2 Å². The van der Waals surface area contributed by atoms with Gasteiger partial charge in [0.05, 0.1) is 12.2 Å². The molecule has 1 aliphatic carbocycles. The fraction of sp³-hybridized carbons (Fsp3) is 0.708. The summed E-state index contributed by atoms with van der Waals surface area (Å²) in [5.74, 6) is 0.538. The zero-order valence-electron chi connectivity index (χ0n) is 19.9. The second kappa shape index (κ2) is 11.6. The van der Waals surface area contributed by atoms with Gasteiger partial charge in [-0.1, -0.05) is 45.2 Å². The third kappa shape index (κ3) is 6.76. The minimum absolute atomic E-state index is 0.0319. The number of amides is 1. The van der Waals surface area contributed by atoms with Crippen LogP contribution in [0, 0.1) is 5.92 Å². The van der Waals surface area contributed by atoms with Crippen molar-refractivity contribution in [1.82, 2.24) is 14.1 Å². The van der Waals surface area contributed by atoms with Crippen molar-refractivity contribution in [2.24, 2.45) is 5.92 Å². The molecule has 1 aromatic rings. The molecule has 0 bridgehead atoms. The fourth-order valence-corrected chi connectivity index (χ4v) is 6.16. The second-order valence-corrected chi connectivity index (χ2v) is 11.6. The summed E-state index contributed by atoms with van der Waals surface area (Å²) in [5.41, 5.74) is 0.371. The molecule has 1 N–H and O–H groups in total. The number of piperazine rings is 1. The van der Waals surface area contributed by atoms with E-state index in [1.54, 1.807) is 31.3 Å². The Morgan fingerprint density at radius 3 is 2.34 bits per heavy atom. The molecule has 32 heavy (non-hydrogen) atoms. The molecule has 1 saturated heterocycles. The quantitative estimate of drug-likeness (QED) is 0.607. The van der Waals surface area contributed by atoms with Crippen molar-refractivity contribution in [3.8, 4) is 0 Å². The summed E-state index contributed by atoms with van der Waals surface area (Å²) >= 11 is 0. The highest BCUT2D eigenvalue weighted by molar-refractivity contribution is 7.89. The normalized spacial score (nSPS) is 19.5. The molecular formula is C24H40N4O3S. The Labute approximate surface area is 194 Å². The third-order valence-electron chi connectivity index (χ3n) is 6.76. The first kappa shape index (κ1) is 25.1. The Morgan fingerprint density at radius 2 is 1.69 bits per heavy atom. The largest absolute Gasteiger partial charge is 0.324 e. The summed E-state index contributed by atoms with van der Waals surface area (Å²) in [7, 11) is -2.00. The zero-order valence-corrected chi connectivity index (χ0v) is 20.7. The van der Waals surface area contributed by atoms with Crippen LogP contribution >= 0.6 is 0 Å². The summed E-state index contributed by atoms with van der Waals surface area (Å²) < 4.78 is 28.2. The maximum Gasteiger partial charge on any atom is 0.245 e. The smallest absolute Gasteiger partial charge is 0.245 e. The Bertz CT molecular complexity index is 845. The molecule has 180 valence electrons. The minimum atomic E-state index is -3.67. The van der Waals surface area contributed by atoms with E-state index in [4.69, 9.17) is 0 Å². The molecular weight excluding hydrogens is 424 g/mol. The molecule has 2 fully saturated rings. The Hall–Kier alpha value is -1.48. The SMILES string of the molecule is CC(C)CCN1CCN(CC(=O)Nc2ccccc2S(=O)(=O)N(C)C2CCCCC2)CC1. The van der Waals surface area contributed by atoms with Crippen LogP contribution in [0.25, 0.3) is 0 Å². The first-order chi connectivity index (χ1) is 15.3. The van der Waals surface area contributed by atoms with Gasteiger partial charge in [0.2, 0.25) is 15.9 Å². The van der Waals surface area contributed by atoms with Gasteiger partial charge >= 0.3 is 0 Å². The molecule has 1 aromatic carbocycles. The number of benzene rings is 1. The molecule has 3 rings (SSSR count). The van der Waals surface area contributed by atoms with Crippen LogP contribution in [0.2, 0.25) is 0 Å². The lowest BCUT2D eigenvalue weighted by Crippen LogP contribution is -2.48. The lowest BCUT2D eigenvalue weighted by atomic mass is 9.96. The lowest BCUT2D eigenvalue weighted by Gasteiger charge is -2.34. The highest BCUT2D eigenvalue weighted by Crippen LogP contribution is 2.29. The van der Waals surface area contributed by atoms with Gasteiger partial charge in [-0.15, -0.1) is 0 Å². The highest BCUT2D eigenvalue weighted by atomic mass is 32.2. The molecule has 1 heterocycles. The van der Waals surface area contributed by atoms with Crippen molar-refractivity contribution in [3.63, 3.8) is 0 Å². The second-order valence-electron chi connectivity index (χ2n) is 9.66. The van der Waals surface area contributed by atoms with Gasteiger partial charge in [0.15, 0.2) is 0 Å². The Morgan fingerprint density at radius 1 is 1.06 bits per heavy atom. The van der Waals surface area contributed by atoms with Crippen molar-refractivity contribution in [1.29, 1.82) is 0 Å². The van der Waals surface area contributed by atoms with Gasteiger partial charge in [-0.25, -0.2) is 8.42 Å². The molecule has 1 saturated carbocycles. The maximum atomic E-state index is 13.3. The van der Waals surface area contributed by atoms with E-state index >= 15 is 0 Å². The van der Waals surface area contributed by atoms with E-state index in [1.807, 2.05) is 0 Å². The number of nitrogens with one attached hydrogen (secondary N) is 1. The van der Waals surface area contributed by atoms with E-state index in [0.29, 0.717) is 11.6 Å². The minimum Gasteiger partial charge on any atom is -0.324 e. The van der Waals surface area contributed by atoms with Gasteiger partial charge in [0, 0.05) is 39.3 Å². The predicted octanol–water partition coefficient (Wildman–Crippen LogP) is 3.24. The summed E-state index contributed by atoms with van der Waals surface area (Å²) in [6, 6.07) is 6.79. The number of hydrogen-bond acceptors (Lipinski definition) is 5. The number of nitrogens with zero attached hydrogens (tertiary/aromatic N) is 3. The maximum absolute atomic E-state index is 13.3. The molecule has 0 radical (unpaired) electrons. The first-order valence-corrected chi connectivity index (χ1v) is 13.5. The molecule has 1 aliphatic heterocycles. The molecule has 7 nitrogen and oxygen atoms in total. The fourth-order valence-electron chi connectivity index (χ4n) is 4.60. The molecule has 1 amide bonds. The number of hydrogen-bond donors (Lipinski definition) is 1. The average molecular weight is 465 g/mol. The van der Waals surface area contributed by atoms with Crippen LogP contribution in [0.3, 0.4) is 0 Å². The van der Waals surface area contributed by atoms with E-state index < -0.39 is 10.0 Å². The number of rotatable bonds is 9. The van der Waals surface area contributed by atoms with E-state index in [1.165, 1.54) is 17.1 Å². The summed E-state index contributed by atoms with van der Waals surface area (Å²) in [5, 5.41) is 2.87. The van der Waals surface area contributed by atoms with Crippen LogP contribution in [0.5, 0.6) is 0 Å². The number of anilines is 1. The first-order valence-electron chi connectivity index (χ1n) is 12.1. The predicted molar refractivity (Wildman–Crippen MR) is 129 cm³/mol. The molecule has 8 heteroatoms. The monoisotopic (exact) mass is 464 g/mol. The zero-order chi connectivity index (χ0) is 23.1. The molecule has 0 aromatic heterocycles. The molecule has 0 unspecified atom stereocenters. The van der Waals surface area contributed by atoms with Gasteiger partial charge < -0.3 is 10.2 Å². The lowest BCUT2D eigenvalue weighted by molar-refractivity contribution is -0.117. The van der Waals surface area contributed by atoms with Crippen LogP contribution in [0.4, 0.5) is 5.69 Å². The van der Waals surface area contributed by atoms with Gasteiger partial charge in [-0.3, -0.25) is 9.69 Å². The summed E-state index contributed by atoms with van der Waals surface area (Å²) in [6.45, 7) is 9.53. The van der Waals surface area contributed by atoms with Gasteiger partial charge in [-0.2, -0.15) is 4.31 Å². The number of carbonyl (C=O) groups excluding carboxylic acids is 1. The van der Waals surface area contributed by atoms with Crippen LogP contribution in [-0.2, 0) is 14.8 Å². The van der Waals surface area contributed by atoms with Gasteiger partial charge in [0.25, 0.3) is 0 Å². The van der Waals surface area contributed by atoms with E-state index in [0.717, 1.165) is 58.4 Å². The summed E-state index contributed by atoms with van der Waals surface area (Å²) in [4.78, 5) is 17.5. The van der Waals surface area contributed by atoms with Crippen LogP contribution in [-0.4, -0.2) is 80.8 Å². The Balaban J connectivity index is 1.58. The van der Waals surface area contributed by atoms with Crippen molar-refractivity contribution >= 4 is 21.6 Å². The Kier molecular flexibility index (Phi) is 9.11. The number of carbonyl (C=O) groups is 1. The van der Waals surface area contributed by atoms with E-state index in [-0.39, 0.29) is 23.4 Å². The van der Waals surface area contributed by atoms with Gasteiger partial charge in [0.1, 0.15) is 4.90 Å². The molecule has 2 aliphatic rings. The van der Waals surface area contributed by atoms with Crippen molar-refractivity contribution < 1.29 is 13.2 Å². The van der Waals surface area contributed by atoms with Crippen molar-refractivity contribution in [2.45, 2.75) is 63.3 Å². The van der Waals surface area contributed by atoms with E-state index in [2.05, 4.69) is 29.0 Å². The summed E-state index contributed by atoms with van der Waals surface area (Å²) in [6.07, 6.45) is 6.28. The van der Waals surface area contributed by atoms with E-state index in [9.17, 15) is 13.2 Å². The van der Waals surface area contributed by atoms with Crippen LogP contribution in [0.1, 0.15) is 52.4 Å².